The van der Waals surface area contributed by atoms with Gasteiger partial charge >= 0.3 is 0 Å². The van der Waals surface area contributed by atoms with E-state index >= 15 is 0 Å². The van der Waals surface area contributed by atoms with Crippen LogP contribution in [0.2, 0.25) is 0 Å². The van der Waals surface area contributed by atoms with Crippen molar-refractivity contribution in [3.05, 3.63) is 116 Å². The predicted octanol–water partition coefficient (Wildman–Crippen LogP) is 4.69. The molecule has 0 fully saturated rings. The number of amides is 1. The lowest BCUT2D eigenvalue weighted by atomic mass is 10.2. The number of carbonyl (C=O) groups is 1. The molecule has 1 heterocycles. The number of aliphatic imine (C=N–C) groups is 1. The van der Waals surface area contributed by atoms with E-state index in [-0.39, 0.29) is 17.1 Å². The van der Waals surface area contributed by atoms with Crippen LogP contribution in [0.4, 0.5) is 22.9 Å². The van der Waals surface area contributed by atoms with Gasteiger partial charge in [-0.3, -0.25) is 25.0 Å². The number of para-hydroxylation sites is 1. The molecule has 0 aliphatic rings. The Labute approximate surface area is 192 Å². The summed E-state index contributed by atoms with van der Waals surface area (Å²) in [5.74, 6) is -0.207. The summed E-state index contributed by atoms with van der Waals surface area (Å²) in [6, 6.07) is 21.9. The highest BCUT2D eigenvalue weighted by Crippen LogP contribution is 2.22. The summed E-state index contributed by atoms with van der Waals surface area (Å²) in [6.07, 6.45) is 1.45. The van der Waals surface area contributed by atoms with E-state index in [0.29, 0.717) is 22.8 Å². The predicted molar refractivity (Wildman–Crippen MR) is 125 cm³/mol. The zero-order valence-corrected chi connectivity index (χ0v) is 17.4. The van der Waals surface area contributed by atoms with Crippen LogP contribution in [0.1, 0.15) is 16.1 Å². The minimum atomic E-state index is -0.532. The van der Waals surface area contributed by atoms with Crippen molar-refractivity contribution >= 4 is 35.0 Å². The number of aromatic nitrogens is 2. The van der Waals surface area contributed by atoms with E-state index in [4.69, 9.17) is 0 Å². The van der Waals surface area contributed by atoms with Crippen LogP contribution in [0.5, 0.6) is 0 Å². The fourth-order valence-corrected chi connectivity index (χ4v) is 3.05. The number of benzene rings is 3. The Morgan fingerprint density at radius 3 is 2.26 bits per heavy atom. The second-order valence-electron chi connectivity index (χ2n) is 7.00. The first kappa shape index (κ1) is 22.0. The van der Waals surface area contributed by atoms with Gasteiger partial charge in [-0.05, 0) is 29.8 Å². The number of non-ortho nitro benzene ring substituents is 2. The van der Waals surface area contributed by atoms with Gasteiger partial charge in [-0.2, -0.15) is 5.10 Å². The third-order valence-corrected chi connectivity index (χ3v) is 4.69. The molecule has 4 rings (SSSR count). The van der Waals surface area contributed by atoms with Gasteiger partial charge in [0.25, 0.3) is 17.3 Å². The Kier molecular flexibility index (Phi) is 6.17. The Morgan fingerprint density at radius 2 is 1.59 bits per heavy atom. The number of nitro benzene ring substituents is 2. The molecule has 0 radical (unpaired) electrons. The highest BCUT2D eigenvalue weighted by Gasteiger charge is 2.16. The summed E-state index contributed by atoms with van der Waals surface area (Å²) < 4.78 is 1.47. The van der Waals surface area contributed by atoms with E-state index in [1.165, 1.54) is 53.4 Å². The van der Waals surface area contributed by atoms with E-state index in [1.807, 2.05) is 18.2 Å². The fourth-order valence-electron chi connectivity index (χ4n) is 3.05. The molecule has 3 aromatic carbocycles. The van der Waals surface area contributed by atoms with Gasteiger partial charge in [-0.25, -0.2) is 9.67 Å². The van der Waals surface area contributed by atoms with Crippen LogP contribution in [0.3, 0.4) is 0 Å². The van der Waals surface area contributed by atoms with Crippen LogP contribution in [0.25, 0.3) is 5.69 Å². The Bertz CT molecular complexity index is 1400. The molecule has 0 aliphatic heterocycles. The van der Waals surface area contributed by atoms with Crippen LogP contribution in [0.15, 0.2) is 89.9 Å². The average molecular weight is 456 g/mol. The number of nitrogens with one attached hydrogen (secondary N) is 1. The second kappa shape index (κ2) is 9.53. The van der Waals surface area contributed by atoms with Gasteiger partial charge in [0, 0.05) is 42.2 Å². The van der Waals surface area contributed by atoms with Crippen molar-refractivity contribution in [2.75, 3.05) is 5.32 Å². The Morgan fingerprint density at radius 1 is 0.882 bits per heavy atom. The first-order valence-electron chi connectivity index (χ1n) is 9.90. The zero-order chi connectivity index (χ0) is 24.1. The first-order chi connectivity index (χ1) is 16.4. The number of hydrogen-bond donors (Lipinski definition) is 1. The summed E-state index contributed by atoms with van der Waals surface area (Å²) in [5.41, 5.74) is 1.43. The van der Waals surface area contributed by atoms with Gasteiger partial charge in [-0.1, -0.05) is 30.3 Å². The van der Waals surface area contributed by atoms with E-state index < -0.39 is 15.8 Å². The van der Waals surface area contributed by atoms with Crippen molar-refractivity contribution in [2.24, 2.45) is 4.99 Å². The maximum atomic E-state index is 12.8. The van der Waals surface area contributed by atoms with Crippen LogP contribution >= 0.6 is 0 Å². The number of anilines is 1. The molecular weight excluding hydrogens is 440 g/mol. The third kappa shape index (κ3) is 4.99. The summed E-state index contributed by atoms with van der Waals surface area (Å²) >= 11 is 0. The lowest BCUT2D eigenvalue weighted by Crippen LogP contribution is -2.13. The maximum absolute atomic E-state index is 12.8. The SMILES string of the molecule is O=C(Nc1ccc([N+](=O)[O-])cc1)c1cc(N=Cc2cccc([N+](=O)[O-])c2)n(-c2ccccc2)n1. The largest absolute Gasteiger partial charge is 0.321 e. The average Bonchev–Trinajstić information content (AvgIpc) is 3.28. The van der Waals surface area contributed by atoms with Crippen LogP contribution < -0.4 is 5.32 Å². The monoisotopic (exact) mass is 456 g/mol. The molecule has 0 spiro atoms. The fraction of sp³-hybridized carbons (Fsp3) is 0. The first-order valence-corrected chi connectivity index (χ1v) is 9.90. The van der Waals surface area contributed by atoms with Crippen molar-refractivity contribution in [2.45, 2.75) is 0 Å². The molecule has 1 N–H and O–H groups in total. The lowest BCUT2D eigenvalue weighted by Gasteiger charge is -2.04. The Hall–Kier alpha value is -5.19. The number of rotatable bonds is 7. The van der Waals surface area contributed by atoms with Crippen LogP contribution in [0, 0.1) is 20.2 Å². The van der Waals surface area contributed by atoms with Gasteiger partial charge in [0.05, 0.1) is 15.5 Å². The van der Waals surface area contributed by atoms with Crippen molar-refractivity contribution in [1.29, 1.82) is 0 Å². The molecule has 0 aliphatic carbocycles. The van der Waals surface area contributed by atoms with Crippen molar-refractivity contribution in [3.8, 4) is 5.69 Å². The molecule has 0 saturated heterocycles. The van der Waals surface area contributed by atoms with Gasteiger partial charge in [0.2, 0.25) is 0 Å². The maximum Gasteiger partial charge on any atom is 0.276 e. The Balaban J connectivity index is 1.64. The van der Waals surface area contributed by atoms with E-state index in [9.17, 15) is 25.0 Å². The highest BCUT2D eigenvalue weighted by molar-refractivity contribution is 6.03. The molecule has 1 amide bonds. The van der Waals surface area contributed by atoms with Gasteiger partial charge < -0.3 is 5.32 Å². The molecule has 0 bridgehead atoms. The molecule has 11 heteroatoms. The standard InChI is InChI=1S/C23H16N6O5/c30-23(25-17-9-11-19(12-10-17)28(31)32)21-14-22(27(26-21)18-6-2-1-3-7-18)24-15-16-5-4-8-20(13-16)29(33)34/h1-15H,(H,25,30). The molecule has 168 valence electrons. The molecule has 0 unspecified atom stereocenters. The minimum absolute atomic E-state index is 0.0633. The summed E-state index contributed by atoms with van der Waals surface area (Å²) in [7, 11) is 0. The quantitative estimate of drug-likeness (QED) is 0.242. The zero-order valence-electron chi connectivity index (χ0n) is 17.4. The van der Waals surface area contributed by atoms with Crippen LogP contribution in [-0.2, 0) is 0 Å². The third-order valence-electron chi connectivity index (χ3n) is 4.69. The molecule has 0 atom stereocenters. The highest BCUT2D eigenvalue weighted by atomic mass is 16.6. The number of nitro groups is 2. The summed E-state index contributed by atoms with van der Waals surface area (Å²) in [5, 5.41) is 28.8. The topological polar surface area (TPSA) is 146 Å². The van der Waals surface area contributed by atoms with E-state index in [2.05, 4.69) is 15.4 Å². The smallest absolute Gasteiger partial charge is 0.276 e. The molecule has 4 aromatic rings. The molecule has 34 heavy (non-hydrogen) atoms. The van der Waals surface area contributed by atoms with Gasteiger partial charge in [0.1, 0.15) is 0 Å². The molecular formula is C23H16N6O5. The number of nitrogens with zero attached hydrogens (tertiary/aromatic N) is 5. The van der Waals surface area contributed by atoms with E-state index in [0.717, 1.165) is 0 Å². The summed E-state index contributed by atoms with van der Waals surface area (Å²) in [4.78, 5) is 38.0. The summed E-state index contributed by atoms with van der Waals surface area (Å²) in [6.45, 7) is 0. The van der Waals surface area contributed by atoms with Crippen molar-refractivity contribution in [1.82, 2.24) is 9.78 Å². The lowest BCUT2D eigenvalue weighted by molar-refractivity contribution is -0.385. The second-order valence-corrected chi connectivity index (χ2v) is 7.00. The minimum Gasteiger partial charge on any atom is -0.321 e. The van der Waals surface area contributed by atoms with Gasteiger partial charge in [0.15, 0.2) is 11.5 Å². The van der Waals surface area contributed by atoms with Crippen molar-refractivity contribution < 1.29 is 14.6 Å². The van der Waals surface area contributed by atoms with E-state index in [1.54, 1.807) is 24.3 Å². The number of hydrogen-bond acceptors (Lipinski definition) is 7. The van der Waals surface area contributed by atoms with Crippen molar-refractivity contribution in [3.63, 3.8) is 0 Å². The normalized spacial score (nSPS) is 10.8. The van der Waals surface area contributed by atoms with Gasteiger partial charge in [-0.15, -0.1) is 0 Å². The molecule has 0 saturated carbocycles. The number of carbonyl (C=O) groups excluding carboxylic acids is 1. The molecule has 11 nitrogen and oxygen atoms in total. The molecule has 1 aromatic heterocycles. The van der Waals surface area contributed by atoms with Crippen LogP contribution in [-0.4, -0.2) is 31.7 Å².